The van der Waals surface area contributed by atoms with E-state index in [9.17, 15) is 13.2 Å². The van der Waals surface area contributed by atoms with E-state index in [2.05, 4.69) is 10.6 Å². The number of alkyl halides is 3. The molecule has 0 saturated heterocycles. The Morgan fingerprint density at radius 1 is 1.33 bits per heavy atom. The summed E-state index contributed by atoms with van der Waals surface area (Å²) in [5, 5.41) is 5.95. The van der Waals surface area contributed by atoms with Crippen LogP contribution >= 0.6 is 12.2 Å². The first-order chi connectivity index (χ1) is 9.79. The van der Waals surface area contributed by atoms with Gasteiger partial charge < -0.3 is 15.4 Å². The first kappa shape index (κ1) is 17.7. The van der Waals surface area contributed by atoms with Crippen molar-refractivity contribution in [1.29, 1.82) is 0 Å². The number of hydrogen-bond donors (Lipinski definition) is 2. The smallest absolute Gasteiger partial charge is 0.379 e. The van der Waals surface area contributed by atoms with E-state index in [0.29, 0.717) is 24.0 Å². The van der Waals surface area contributed by atoms with Gasteiger partial charge in [-0.15, -0.1) is 0 Å². The second kappa shape index (κ2) is 8.19. The van der Waals surface area contributed by atoms with E-state index in [1.165, 1.54) is 12.1 Å². The molecular formula is C14H19F3N2OS. The van der Waals surface area contributed by atoms with Crippen LogP contribution in [0.3, 0.4) is 0 Å². The average molecular weight is 320 g/mol. The third kappa shape index (κ3) is 7.29. The molecule has 0 fully saturated rings. The Morgan fingerprint density at radius 2 is 2.05 bits per heavy atom. The van der Waals surface area contributed by atoms with E-state index < -0.39 is 11.7 Å². The molecule has 0 unspecified atom stereocenters. The zero-order valence-corrected chi connectivity index (χ0v) is 12.8. The minimum atomic E-state index is -4.36. The SMILES string of the molecule is CC(C)OCCCNC(=S)Nc1cccc(C(F)(F)F)c1. The van der Waals surface area contributed by atoms with Crippen LogP contribution in [0.4, 0.5) is 18.9 Å². The first-order valence-corrected chi connectivity index (χ1v) is 7.03. The highest BCUT2D eigenvalue weighted by Gasteiger charge is 2.30. The number of halogens is 3. The number of nitrogens with one attached hydrogen (secondary N) is 2. The molecule has 2 N–H and O–H groups in total. The summed E-state index contributed by atoms with van der Waals surface area (Å²) in [6.45, 7) is 5.11. The Hall–Kier alpha value is -1.34. The number of ether oxygens (including phenoxy) is 1. The van der Waals surface area contributed by atoms with Gasteiger partial charge in [-0.25, -0.2) is 0 Å². The van der Waals surface area contributed by atoms with Gasteiger partial charge in [0.15, 0.2) is 5.11 Å². The molecule has 118 valence electrons. The van der Waals surface area contributed by atoms with Gasteiger partial charge in [0.2, 0.25) is 0 Å². The van der Waals surface area contributed by atoms with Gasteiger partial charge in [-0.2, -0.15) is 13.2 Å². The summed E-state index contributed by atoms with van der Waals surface area (Å²) in [5.41, 5.74) is -0.401. The lowest BCUT2D eigenvalue weighted by Crippen LogP contribution is -2.30. The van der Waals surface area contributed by atoms with Crippen LogP contribution in [0.25, 0.3) is 0 Å². The molecule has 0 spiro atoms. The van der Waals surface area contributed by atoms with Gasteiger partial charge in [0.05, 0.1) is 11.7 Å². The average Bonchev–Trinajstić information content (AvgIpc) is 2.37. The standard InChI is InChI=1S/C14H19F3N2OS/c1-10(2)20-8-4-7-18-13(21)19-12-6-3-5-11(9-12)14(15,16)17/h3,5-6,9-10H,4,7-8H2,1-2H3,(H2,18,19,21). The molecule has 0 aliphatic carbocycles. The predicted molar refractivity (Wildman–Crippen MR) is 81.4 cm³/mol. The van der Waals surface area contributed by atoms with Gasteiger partial charge in [-0.1, -0.05) is 6.07 Å². The largest absolute Gasteiger partial charge is 0.416 e. The molecule has 21 heavy (non-hydrogen) atoms. The monoisotopic (exact) mass is 320 g/mol. The van der Waals surface area contributed by atoms with Crippen LogP contribution in [0.2, 0.25) is 0 Å². The molecule has 7 heteroatoms. The van der Waals surface area contributed by atoms with E-state index in [4.69, 9.17) is 17.0 Å². The number of hydrogen-bond acceptors (Lipinski definition) is 2. The molecule has 0 bridgehead atoms. The zero-order chi connectivity index (χ0) is 15.9. The quantitative estimate of drug-likeness (QED) is 0.617. The van der Waals surface area contributed by atoms with Gasteiger partial charge in [0.25, 0.3) is 0 Å². The van der Waals surface area contributed by atoms with Crippen LogP contribution in [-0.2, 0) is 10.9 Å². The van der Waals surface area contributed by atoms with Crippen molar-refractivity contribution in [3.63, 3.8) is 0 Å². The molecule has 3 nitrogen and oxygen atoms in total. The summed E-state index contributed by atoms with van der Waals surface area (Å²) < 4.78 is 43.1. The van der Waals surface area contributed by atoms with Crippen LogP contribution in [0.1, 0.15) is 25.8 Å². The Morgan fingerprint density at radius 3 is 2.67 bits per heavy atom. The first-order valence-electron chi connectivity index (χ1n) is 6.63. The molecule has 1 aromatic carbocycles. The second-order valence-corrected chi connectivity index (χ2v) is 5.14. The fourth-order valence-corrected chi connectivity index (χ4v) is 1.76. The van der Waals surface area contributed by atoms with Crippen LogP contribution in [0.15, 0.2) is 24.3 Å². The molecule has 0 amide bonds. The van der Waals surface area contributed by atoms with Crippen molar-refractivity contribution in [2.75, 3.05) is 18.5 Å². The van der Waals surface area contributed by atoms with E-state index in [0.717, 1.165) is 18.6 Å². The molecule has 1 rings (SSSR count). The number of benzene rings is 1. The maximum absolute atomic E-state index is 12.6. The van der Waals surface area contributed by atoms with Gasteiger partial charge in [-0.3, -0.25) is 0 Å². The van der Waals surface area contributed by atoms with Crippen molar-refractivity contribution >= 4 is 23.0 Å². The normalized spacial score (nSPS) is 11.5. The van der Waals surface area contributed by atoms with Crippen molar-refractivity contribution in [1.82, 2.24) is 5.32 Å². The third-order valence-corrected chi connectivity index (χ3v) is 2.75. The maximum Gasteiger partial charge on any atom is 0.416 e. The fourth-order valence-electron chi connectivity index (χ4n) is 1.54. The molecular weight excluding hydrogens is 301 g/mol. The Bertz CT molecular complexity index is 464. The van der Waals surface area contributed by atoms with E-state index in [1.807, 2.05) is 13.8 Å². The molecule has 0 heterocycles. The van der Waals surface area contributed by atoms with Crippen molar-refractivity contribution in [3.05, 3.63) is 29.8 Å². The Kier molecular flexibility index (Phi) is 6.91. The summed E-state index contributed by atoms with van der Waals surface area (Å²) in [4.78, 5) is 0. The topological polar surface area (TPSA) is 33.3 Å². The number of thiocarbonyl (C=S) groups is 1. The molecule has 0 saturated carbocycles. The van der Waals surface area contributed by atoms with Gasteiger partial charge in [-0.05, 0) is 50.7 Å². The summed E-state index contributed by atoms with van der Waals surface area (Å²) in [6.07, 6.45) is -3.41. The highest BCUT2D eigenvalue weighted by molar-refractivity contribution is 7.80. The Balaban J connectivity index is 2.38. The molecule has 0 radical (unpaired) electrons. The highest BCUT2D eigenvalue weighted by atomic mass is 32.1. The van der Waals surface area contributed by atoms with Crippen molar-refractivity contribution in [2.24, 2.45) is 0 Å². The van der Waals surface area contributed by atoms with Crippen LogP contribution in [0.5, 0.6) is 0 Å². The van der Waals surface area contributed by atoms with Crippen LogP contribution < -0.4 is 10.6 Å². The van der Waals surface area contributed by atoms with E-state index >= 15 is 0 Å². The van der Waals surface area contributed by atoms with Gasteiger partial charge in [0.1, 0.15) is 0 Å². The summed E-state index contributed by atoms with van der Waals surface area (Å²) in [7, 11) is 0. The number of anilines is 1. The lowest BCUT2D eigenvalue weighted by molar-refractivity contribution is -0.137. The van der Waals surface area contributed by atoms with E-state index in [1.54, 1.807) is 0 Å². The van der Waals surface area contributed by atoms with Crippen LogP contribution in [-0.4, -0.2) is 24.4 Å². The predicted octanol–water partition coefficient (Wildman–Crippen LogP) is 3.81. The summed E-state index contributed by atoms with van der Waals surface area (Å²) in [6, 6.07) is 4.91. The molecule has 1 aromatic rings. The minimum Gasteiger partial charge on any atom is -0.379 e. The lowest BCUT2D eigenvalue weighted by atomic mass is 10.2. The summed E-state index contributed by atoms with van der Waals surface area (Å²) in [5.74, 6) is 0. The van der Waals surface area contributed by atoms with Crippen molar-refractivity contribution in [3.8, 4) is 0 Å². The summed E-state index contributed by atoms with van der Waals surface area (Å²) >= 11 is 5.03. The minimum absolute atomic E-state index is 0.181. The van der Waals surface area contributed by atoms with Crippen molar-refractivity contribution < 1.29 is 17.9 Å². The maximum atomic E-state index is 12.6. The van der Waals surface area contributed by atoms with Gasteiger partial charge >= 0.3 is 6.18 Å². The third-order valence-electron chi connectivity index (χ3n) is 2.51. The molecule has 0 atom stereocenters. The van der Waals surface area contributed by atoms with Gasteiger partial charge in [0, 0.05) is 18.8 Å². The van der Waals surface area contributed by atoms with Crippen molar-refractivity contribution in [2.45, 2.75) is 32.5 Å². The molecule has 0 aromatic heterocycles. The molecule has 0 aliphatic rings. The Labute approximate surface area is 127 Å². The van der Waals surface area contributed by atoms with E-state index in [-0.39, 0.29) is 6.10 Å². The fraction of sp³-hybridized carbons (Fsp3) is 0.500. The van der Waals surface area contributed by atoms with Crippen LogP contribution in [0, 0.1) is 0 Å². The second-order valence-electron chi connectivity index (χ2n) is 4.73. The molecule has 0 aliphatic heterocycles. The zero-order valence-electron chi connectivity index (χ0n) is 12.0. The lowest BCUT2D eigenvalue weighted by Gasteiger charge is -2.13. The highest BCUT2D eigenvalue weighted by Crippen LogP contribution is 2.30. The number of rotatable bonds is 6.